The van der Waals surface area contributed by atoms with Crippen molar-refractivity contribution in [3.05, 3.63) is 30.1 Å². The molecule has 0 aliphatic carbocycles. The van der Waals surface area contributed by atoms with Crippen LogP contribution in [-0.4, -0.2) is 53.7 Å². The molecule has 17 heavy (non-hydrogen) atoms. The molecule has 1 atom stereocenters. The van der Waals surface area contributed by atoms with Crippen LogP contribution in [-0.2, 0) is 4.79 Å². The number of hydrogen-bond donors (Lipinski definition) is 2. The Hall–Kier alpha value is -1.46. The van der Waals surface area contributed by atoms with Crippen molar-refractivity contribution in [3.63, 3.8) is 0 Å². The Labute approximate surface area is 100 Å². The second-order valence-corrected chi connectivity index (χ2v) is 4.22. The minimum absolute atomic E-state index is 0.462. The van der Waals surface area contributed by atoms with Gasteiger partial charge in [-0.3, -0.25) is 14.7 Å². The van der Waals surface area contributed by atoms with E-state index in [1.807, 2.05) is 0 Å². The van der Waals surface area contributed by atoms with Crippen molar-refractivity contribution in [2.45, 2.75) is 5.92 Å². The van der Waals surface area contributed by atoms with E-state index in [1.54, 1.807) is 24.5 Å². The third kappa shape index (κ3) is 3.25. The molecule has 0 radical (unpaired) electrons. The van der Waals surface area contributed by atoms with Crippen molar-refractivity contribution in [2.75, 3.05) is 32.7 Å². The Morgan fingerprint density at radius 2 is 2.06 bits per heavy atom. The summed E-state index contributed by atoms with van der Waals surface area (Å²) in [6.45, 7) is 4.26. The Balaban J connectivity index is 2.05. The first-order chi connectivity index (χ1) is 8.27. The number of nitrogens with one attached hydrogen (secondary N) is 1. The van der Waals surface area contributed by atoms with Crippen LogP contribution in [0.15, 0.2) is 24.5 Å². The molecule has 1 aromatic rings. The summed E-state index contributed by atoms with van der Waals surface area (Å²) in [6, 6.07) is 3.56. The second-order valence-electron chi connectivity index (χ2n) is 4.22. The van der Waals surface area contributed by atoms with Gasteiger partial charge < -0.3 is 10.4 Å². The first kappa shape index (κ1) is 12.0. The molecule has 1 saturated heterocycles. The van der Waals surface area contributed by atoms with E-state index in [4.69, 9.17) is 0 Å². The summed E-state index contributed by atoms with van der Waals surface area (Å²) in [6.07, 6.45) is 3.28. The fraction of sp³-hybridized carbons (Fsp3) is 0.500. The van der Waals surface area contributed by atoms with E-state index in [0.717, 1.165) is 31.7 Å². The van der Waals surface area contributed by atoms with Gasteiger partial charge in [-0.1, -0.05) is 0 Å². The molecule has 5 heteroatoms. The lowest BCUT2D eigenvalue weighted by atomic mass is 9.99. The number of hydrogen-bond acceptors (Lipinski definition) is 4. The third-order valence-corrected chi connectivity index (χ3v) is 3.06. The molecule has 5 nitrogen and oxygen atoms in total. The molecule has 1 aliphatic heterocycles. The lowest BCUT2D eigenvalue weighted by molar-refractivity contribution is -0.139. The van der Waals surface area contributed by atoms with Gasteiger partial charge in [0.15, 0.2) is 0 Å². The molecule has 0 aromatic carbocycles. The number of nitrogens with zero attached hydrogens (tertiary/aromatic N) is 2. The fourth-order valence-corrected chi connectivity index (χ4v) is 2.07. The van der Waals surface area contributed by atoms with Crippen molar-refractivity contribution in [2.24, 2.45) is 0 Å². The van der Waals surface area contributed by atoms with E-state index >= 15 is 0 Å². The standard InChI is InChI=1S/C12H17N3O2/c16-12(17)11(10-1-3-13-4-2-10)9-15-7-5-14-6-8-15/h1-4,11,14H,5-9H2,(H,16,17). The summed E-state index contributed by atoms with van der Waals surface area (Å²) in [5.41, 5.74) is 0.825. The number of aromatic nitrogens is 1. The van der Waals surface area contributed by atoms with E-state index < -0.39 is 11.9 Å². The average molecular weight is 235 g/mol. The molecule has 92 valence electrons. The predicted molar refractivity (Wildman–Crippen MR) is 63.9 cm³/mol. The van der Waals surface area contributed by atoms with E-state index in [9.17, 15) is 9.90 Å². The van der Waals surface area contributed by atoms with Gasteiger partial charge in [0.1, 0.15) is 0 Å². The molecule has 1 aromatic heterocycles. The van der Waals surface area contributed by atoms with Crippen LogP contribution in [0.1, 0.15) is 11.5 Å². The Morgan fingerprint density at radius 3 is 2.65 bits per heavy atom. The van der Waals surface area contributed by atoms with Crippen molar-refractivity contribution in [3.8, 4) is 0 Å². The van der Waals surface area contributed by atoms with Gasteiger partial charge in [0.2, 0.25) is 0 Å². The molecule has 0 spiro atoms. The van der Waals surface area contributed by atoms with E-state index in [-0.39, 0.29) is 0 Å². The molecular formula is C12H17N3O2. The van der Waals surface area contributed by atoms with E-state index in [2.05, 4.69) is 15.2 Å². The first-order valence-corrected chi connectivity index (χ1v) is 5.83. The van der Waals surface area contributed by atoms with Gasteiger partial charge in [0, 0.05) is 45.1 Å². The number of carbonyl (C=O) groups is 1. The molecule has 1 aliphatic rings. The second kappa shape index (κ2) is 5.75. The number of carboxylic acid groups (broad SMARTS) is 1. The highest BCUT2D eigenvalue weighted by Crippen LogP contribution is 2.17. The summed E-state index contributed by atoms with van der Waals surface area (Å²) in [7, 11) is 0. The smallest absolute Gasteiger partial charge is 0.312 e. The average Bonchev–Trinajstić information content (AvgIpc) is 2.38. The van der Waals surface area contributed by atoms with Crippen LogP contribution in [0, 0.1) is 0 Å². The maximum atomic E-state index is 11.3. The zero-order valence-corrected chi connectivity index (χ0v) is 9.67. The predicted octanol–water partition coefficient (Wildman–Crippen LogP) is 0.155. The molecule has 1 unspecified atom stereocenters. The van der Waals surface area contributed by atoms with Crippen LogP contribution in [0.5, 0.6) is 0 Å². The van der Waals surface area contributed by atoms with Gasteiger partial charge in [-0.05, 0) is 17.7 Å². The van der Waals surface area contributed by atoms with Crippen molar-refractivity contribution >= 4 is 5.97 Å². The molecule has 0 bridgehead atoms. The largest absolute Gasteiger partial charge is 0.481 e. The Bertz CT molecular complexity index is 363. The van der Waals surface area contributed by atoms with E-state index in [0.29, 0.717) is 6.54 Å². The molecule has 0 amide bonds. The monoisotopic (exact) mass is 235 g/mol. The molecule has 1 fully saturated rings. The van der Waals surface area contributed by atoms with E-state index in [1.165, 1.54) is 0 Å². The third-order valence-electron chi connectivity index (χ3n) is 3.06. The minimum Gasteiger partial charge on any atom is -0.481 e. The van der Waals surface area contributed by atoms with Crippen LogP contribution < -0.4 is 5.32 Å². The number of carboxylic acids is 1. The highest BCUT2D eigenvalue weighted by atomic mass is 16.4. The molecule has 2 N–H and O–H groups in total. The zero-order valence-electron chi connectivity index (χ0n) is 9.67. The number of pyridine rings is 1. The molecule has 2 heterocycles. The van der Waals surface area contributed by atoms with Crippen molar-refractivity contribution < 1.29 is 9.90 Å². The van der Waals surface area contributed by atoms with Gasteiger partial charge >= 0.3 is 5.97 Å². The zero-order chi connectivity index (χ0) is 12.1. The number of piperazine rings is 1. The van der Waals surface area contributed by atoms with Crippen LogP contribution in [0.2, 0.25) is 0 Å². The summed E-state index contributed by atoms with van der Waals surface area (Å²) in [5.74, 6) is -1.23. The normalized spacial score (nSPS) is 18.8. The maximum Gasteiger partial charge on any atom is 0.312 e. The highest BCUT2D eigenvalue weighted by molar-refractivity contribution is 5.76. The summed E-state index contributed by atoms with van der Waals surface area (Å²) in [5, 5.41) is 12.6. The fourth-order valence-electron chi connectivity index (χ4n) is 2.07. The van der Waals surface area contributed by atoms with Crippen LogP contribution >= 0.6 is 0 Å². The van der Waals surface area contributed by atoms with Crippen LogP contribution in [0.25, 0.3) is 0 Å². The highest BCUT2D eigenvalue weighted by Gasteiger charge is 2.23. The van der Waals surface area contributed by atoms with Gasteiger partial charge in [-0.25, -0.2) is 0 Å². The van der Waals surface area contributed by atoms with Gasteiger partial charge in [-0.15, -0.1) is 0 Å². The molecule has 2 rings (SSSR count). The lowest BCUT2D eigenvalue weighted by Crippen LogP contribution is -2.45. The first-order valence-electron chi connectivity index (χ1n) is 5.83. The topological polar surface area (TPSA) is 65.5 Å². The SMILES string of the molecule is O=C(O)C(CN1CCNCC1)c1ccncc1. The molecular weight excluding hydrogens is 218 g/mol. The summed E-state index contributed by atoms with van der Waals surface area (Å²) in [4.78, 5) is 17.4. The molecule has 0 saturated carbocycles. The lowest BCUT2D eigenvalue weighted by Gasteiger charge is -2.29. The maximum absolute atomic E-state index is 11.3. The van der Waals surface area contributed by atoms with Crippen LogP contribution in [0.4, 0.5) is 0 Å². The number of rotatable bonds is 4. The van der Waals surface area contributed by atoms with Gasteiger partial charge in [0.25, 0.3) is 0 Å². The minimum atomic E-state index is -0.769. The van der Waals surface area contributed by atoms with Crippen molar-refractivity contribution in [1.29, 1.82) is 0 Å². The van der Waals surface area contributed by atoms with Crippen LogP contribution in [0.3, 0.4) is 0 Å². The quantitative estimate of drug-likeness (QED) is 0.778. The van der Waals surface area contributed by atoms with Crippen molar-refractivity contribution in [1.82, 2.24) is 15.2 Å². The summed E-state index contributed by atoms with van der Waals surface area (Å²) >= 11 is 0. The Morgan fingerprint density at radius 1 is 1.41 bits per heavy atom. The summed E-state index contributed by atoms with van der Waals surface area (Å²) < 4.78 is 0. The Kier molecular flexibility index (Phi) is 4.06. The van der Waals surface area contributed by atoms with Gasteiger partial charge in [0.05, 0.1) is 5.92 Å². The number of aliphatic carboxylic acids is 1. The van der Waals surface area contributed by atoms with Gasteiger partial charge in [-0.2, -0.15) is 0 Å².